The van der Waals surface area contributed by atoms with Crippen molar-refractivity contribution in [3.8, 4) is 11.5 Å². The van der Waals surface area contributed by atoms with E-state index in [1.807, 2.05) is 0 Å². The number of anilines is 1. The van der Waals surface area contributed by atoms with Gasteiger partial charge in [0.05, 0.1) is 0 Å². The molecule has 1 N–H and O–H groups in total. The summed E-state index contributed by atoms with van der Waals surface area (Å²) in [5.41, 5.74) is 0.779. The van der Waals surface area contributed by atoms with Crippen LogP contribution in [-0.2, 0) is 11.2 Å². The second-order valence-corrected chi connectivity index (χ2v) is 6.77. The smallest absolute Gasteiger partial charge is 0.251 e. The molecule has 1 spiro atoms. The van der Waals surface area contributed by atoms with E-state index in [1.165, 1.54) is 0 Å². The summed E-state index contributed by atoms with van der Waals surface area (Å²) in [4.78, 5) is 12.1. The molecule has 4 rings (SSSR count). The van der Waals surface area contributed by atoms with Crippen LogP contribution in [0, 0.1) is 11.6 Å². The molecule has 0 saturated heterocycles. The van der Waals surface area contributed by atoms with Gasteiger partial charge in [-0.1, -0.05) is 0 Å². The zero-order chi connectivity index (χ0) is 18.1. The first-order chi connectivity index (χ1) is 12.5. The lowest BCUT2D eigenvalue weighted by atomic mass is 10.1. The first-order valence-electron chi connectivity index (χ1n) is 8.79. The number of ether oxygens (including phenoxy) is 2. The molecule has 0 aromatic heterocycles. The summed E-state index contributed by atoms with van der Waals surface area (Å²) < 4.78 is 38.7. The van der Waals surface area contributed by atoms with E-state index < -0.39 is 17.4 Å². The highest BCUT2D eigenvalue weighted by Gasteiger charge is 2.44. The van der Waals surface area contributed by atoms with Crippen molar-refractivity contribution in [1.29, 1.82) is 0 Å². The van der Waals surface area contributed by atoms with Crippen molar-refractivity contribution in [2.45, 2.75) is 44.3 Å². The second kappa shape index (κ2) is 6.59. The van der Waals surface area contributed by atoms with Gasteiger partial charge in [-0.15, -0.1) is 0 Å². The topological polar surface area (TPSA) is 47.6 Å². The van der Waals surface area contributed by atoms with Crippen molar-refractivity contribution in [3.05, 3.63) is 53.6 Å². The molecule has 1 aliphatic heterocycles. The van der Waals surface area contributed by atoms with Crippen LogP contribution >= 0.6 is 0 Å². The molecular formula is C20H19F2NO3. The predicted molar refractivity (Wildman–Crippen MR) is 92.2 cm³/mol. The predicted octanol–water partition coefficient (Wildman–Crippen LogP) is 4.58. The fourth-order valence-corrected chi connectivity index (χ4v) is 3.50. The van der Waals surface area contributed by atoms with Crippen LogP contribution in [0.1, 0.15) is 37.7 Å². The summed E-state index contributed by atoms with van der Waals surface area (Å²) in [6.07, 6.45) is 4.06. The molecule has 0 radical (unpaired) electrons. The van der Waals surface area contributed by atoms with E-state index >= 15 is 0 Å². The molecule has 2 aromatic rings. The highest BCUT2D eigenvalue weighted by atomic mass is 19.1. The van der Waals surface area contributed by atoms with Crippen LogP contribution in [0.15, 0.2) is 36.4 Å². The number of carbonyl (C=O) groups is 1. The number of carbonyl (C=O) groups excluding carboxylic acids is 1. The second-order valence-electron chi connectivity index (χ2n) is 6.77. The van der Waals surface area contributed by atoms with Gasteiger partial charge in [-0.05, 0) is 55.2 Å². The molecule has 0 bridgehead atoms. The molecule has 136 valence electrons. The zero-order valence-electron chi connectivity index (χ0n) is 14.2. The summed E-state index contributed by atoms with van der Waals surface area (Å²) in [6, 6.07) is 8.51. The molecule has 2 aliphatic rings. The van der Waals surface area contributed by atoms with Crippen molar-refractivity contribution < 1.29 is 23.0 Å². The fourth-order valence-electron chi connectivity index (χ4n) is 3.50. The monoisotopic (exact) mass is 359 g/mol. The Morgan fingerprint density at radius 1 is 1.04 bits per heavy atom. The molecule has 1 heterocycles. The van der Waals surface area contributed by atoms with Crippen LogP contribution in [-0.4, -0.2) is 11.7 Å². The number of benzene rings is 2. The molecule has 0 atom stereocenters. The van der Waals surface area contributed by atoms with E-state index in [4.69, 9.17) is 9.47 Å². The molecule has 4 nitrogen and oxygen atoms in total. The van der Waals surface area contributed by atoms with E-state index in [1.54, 1.807) is 18.2 Å². The van der Waals surface area contributed by atoms with Crippen LogP contribution in [0.25, 0.3) is 0 Å². The fraction of sp³-hybridized carbons (Fsp3) is 0.350. The summed E-state index contributed by atoms with van der Waals surface area (Å²) in [7, 11) is 0. The number of halogens is 2. The minimum Gasteiger partial charge on any atom is -0.448 e. The van der Waals surface area contributed by atoms with Gasteiger partial charge in [-0.3, -0.25) is 4.79 Å². The van der Waals surface area contributed by atoms with Gasteiger partial charge >= 0.3 is 0 Å². The number of hydrogen-bond acceptors (Lipinski definition) is 3. The van der Waals surface area contributed by atoms with Gasteiger partial charge in [0.2, 0.25) is 5.91 Å². The van der Waals surface area contributed by atoms with Crippen LogP contribution in [0.2, 0.25) is 0 Å². The maximum atomic E-state index is 13.6. The molecule has 6 heteroatoms. The van der Waals surface area contributed by atoms with Crippen molar-refractivity contribution in [1.82, 2.24) is 0 Å². The normalized spacial score (nSPS) is 16.8. The quantitative estimate of drug-likeness (QED) is 0.869. The third kappa shape index (κ3) is 3.36. The Bertz CT molecular complexity index is 847. The van der Waals surface area contributed by atoms with Gasteiger partial charge in [0.15, 0.2) is 11.5 Å². The third-order valence-corrected chi connectivity index (χ3v) is 4.81. The number of fused-ring (bicyclic) bond motifs is 1. The summed E-state index contributed by atoms with van der Waals surface area (Å²) in [6.45, 7) is 0. The number of nitrogens with one attached hydrogen (secondary N) is 1. The lowest BCUT2D eigenvalue weighted by molar-refractivity contribution is -0.116. The standard InChI is InChI=1S/C20H19F2NO3/c21-14-4-6-16(22)13(11-14)3-8-19(24)23-15-5-7-17-18(12-15)26-20(25-17)9-1-2-10-20/h4-7,11-12H,1-3,8-10H2,(H,23,24). The Morgan fingerprint density at radius 3 is 2.62 bits per heavy atom. The SMILES string of the molecule is O=C(CCc1cc(F)ccc1F)Nc1ccc2c(c1)OC1(CCCC1)O2. The number of amides is 1. The van der Waals surface area contributed by atoms with Gasteiger partial charge < -0.3 is 14.8 Å². The Kier molecular flexibility index (Phi) is 4.26. The van der Waals surface area contributed by atoms with E-state index in [-0.39, 0.29) is 24.3 Å². The maximum absolute atomic E-state index is 13.6. The Hall–Kier alpha value is -2.63. The molecule has 1 saturated carbocycles. The van der Waals surface area contributed by atoms with Crippen LogP contribution in [0.3, 0.4) is 0 Å². The van der Waals surface area contributed by atoms with Crippen molar-refractivity contribution in [2.24, 2.45) is 0 Å². The average Bonchev–Trinajstić information content (AvgIpc) is 3.21. The van der Waals surface area contributed by atoms with E-state index in [9.17, 15) is 13.6 Å². The Morgan fingerprint density at radius 2 is 1.81 bits per heavy atom. The Balaban J connectivity index is 1.38. The van der Waals surface area contributed by atoms with Crippen molar-refractivity contribution >= 4 is 11.6 Å². The molecule has 1 fully saturated rings. The average molecular weight is 359 g/mol. The van der Waals surface area contributed by atoms with Crippen molar-refractivity contribution in [3.63, 3.8) is 0 Å². The molecule has 26 heavy (non-hydrogen) atoms. The van der Waals surface area contributed by atoms with E-state index in [2.05, 4.69) is 5.32 Å². The lowest BCUT2D eigenvalue weighted by Crippen LogP contribution is -2.34. The van der Waals surface area contributed by atoms with E-state index in [0.717, 1.165) is 43.9 Å². The van der Waals surface area contributed by atoms with Gasteiger partial charge in [0.25, 0.3) is 5.79 Å². The number of hydrogen-bond donors (Lipinski definition) is 1. The lowest BCUT2D eigenvalue weighted by Gasteiger charge is -2.21. The first kappa shape index (κ1) is 16.8. The largest absolute Gasteiger partial charge is 0.448 e. The van der Waals surface area contributed by atoms with Gasteiger partial charge in [-0.2, -0.15) is 0 Å². The maximum Gasteiger partial charge on any atom is 0.251 e. The third-order valence-electron chi connectivity index (χ3n) is 4.81. The van der Waals surface area contributed by atoms with Crippen molar-refractivity contribution in [2.75, 3.05) is 5.32 Å². The summed E-state index contributed by atoms with van der Waals surface area (Å²) in [5.74, 6) is -0.530. The van der Waals surface area contributed by atoms with Gasteiger partial charge in [-0.25, -0.2) is 8.78 Å². The van der Waals surface area contributed by atoms with Crippen LogP contribution in [0.5, 0.6) is 11.5 Å². The van der Waals surface area contributed by atoms with Crippen LogP contribution in [0.4, 0.5) is 14.5 Å². The van der Waals surface area contributed by atoms with Crippen LogP contribution < -0.4 is 14.8 Å². The molecular weight excluding hydrogens is 340 g/mol. The minimum atomic E-state index is -0.542. The summed E-state index contributed by atoms with van der Waals surface area (Å²) in [5, 5.41) is 2.76. The molecule has 1 amide bonds. The number of aryl methyl sites for hydroxylation is 1. The Labute approximate surface area is 150 Å². The molecule has 0 unspecified atom stereocenters. The zero-order valence-corrected chi connectivity index (χ0v) is 14.2. The minimum absolute atomic E-state index is 0.0543. The van der Waals surface area contributed by atoms with Gasteiger partial charge in [0.1, 0.15) is 11.6 Å². The van der Waals surface area contributed by atoms with E-state index in [0.29, 0.717) is 17.2 Å². The molecule has 1 aliphatic carbocycles. The first-order valence-corrected chi connectivity index (χ1v) is 8.79. The molecule has 2 aromatic carbocycles. The highest BCUT2D eigenvalue weighted by molar-refractivity contribution is 5.91. The van der Waals surface area contributed by atoms with Gasteiger partial charge in [0, 0.05) is 31.0 Å². The number of rotatable bonds is 4. The highest BCUT2D eigenvalue weighted by Crippen LogP contribution is 2.47. The summed E-state index contributed by atoms with van der Waals surface area (Å²) >= 11 is 0.